The first-order valence-electron chi connectivity index (χ1n) is 4.44. The Hall–Kier alpha value is -1.56. The molecule has 1 aromatic heterocycles. The van der Waals surface area contributed by atoms with E-state index in [1.165, 1.54) is 6.33 Å². The van der Waals surface area contributed by atoms with E-state index in [1.54, 1.807) is 0 Å². The summed E-state index contributed by atoms with van der Waals surface area (Å²) in [6.07, 6.45) is 1.66. The number of nitrogens with zero attached hydrogens (tertiary/aromatic N) is 2. The fourth-order valence-corrected chi connectivity index (χ4v) is 1.59. The summed E-state index contributed by atoms with van der Waals surface area (Å²) < 4.78 is 0. The van der Waals surface area contributed by atoms with Gasteiger partial charge in [0.1, 0.15) is 5.69 Å². The van der Waals surface area contributed by atoms with Crippen molar-refractivity contribution in [2.75, 3.05) is 23.7 Å². The SMILES string of the molecule is Nc1c(N2CC[C@H](O)C2)nc[nH]c1=O. The van der Waals surface area contributed by atoms with Crippen molar-refractivity contribution in [2.45, 2.75) is 12.5 Å². The zero-order chi connectivity index (χ0) is 10.1. The van der Waals surface area contributed by atoms with Crippen molar-refractivity contribution < 1.29 is 5.11 Å². The van der Waals surface area contributed by atoms with Crippen molar-refractivity contribution in [1.82, 2.24) is 9.97 Å². The van der Waals surface area contributed by atoms with Crippen LogP contribution in [-0.2, 0) is 0 Å². The van der Waals surface area contributed by atoms with Gasteiger partial charge in [0.25, 0.3) is 5.56 Å². The van der Waals surface area contributed by atoms with Crippen LogP contribution in [0.3, 0.4) is 0 Å². The first-order chi connectivity index (χ1) is 6.68. The number of aromatic nitrogens is 2. The van der Waals surface area contributed by atoms with Gasteiger partial charge in [-0.1, -0.05) is 0 Å². The van der Waals surface area contributed by atoms with Gasteiger partial charge in [-0.3, -0.25) is 4.79 Å². The Bertz CT molecular complexity index is 389. The predicted molar refractivity (Wildman–Crippen MR) is 52.1 cm³/mol. The highest BCUT2D eigenvalue weighted by atomic mass is 16.3. The third kappa shape index (κ3) is 1.44. The Kier molecular flexibility index (Phi) is 2.12. The molecule has 1 aliphatic heterocycles. The van der Waals surface area contributed by atoms with E-state index in [0.29, 0.717) is 25.3 Å². The van der Waals surface area contributed by atoms with E-state index in [9.17, 15) is 9.90 Å². The molecular weight excluding hydrogens is 184 g/mol. The molecule has 1 aromatic rings. The van der Waals surface area contributed by atoms with E-state index in [1.807, 2.05) is 4.90 Å². The molecule has 14 heavy (non-hydrogen) atoms. The number of aromatic amines is 1. The maximum Gasteiger partial charge on any atom is 0.276 e. The molecule has 1 fully saturated rings. The Balaban J connectivity index is 2.33. The molecule has 6 heteroatoms. The smallest absolute Gasteiger partial charge is 0.276 e. The lowest BCUT2D eigenvalue weighted by Gasteiger charge is -2.17. The lowest BCUT2D eigenvalue weighted by molar-refractivity contribution is 0.198. The summed E-state index contributed by atoms with van der Waals surface area (Å²) in [6.45, 7) is 1.17. The number of hydrogen-bond acceptors (Lipinski definition) is 5. The number of nitrogen functional groups attached to an aromatic ring is 1. The molecule has 0 bridgehead atoms. The number of nitrogens with two attached hydrogens (primary N) is 1. The molecule has 1 atom stereocenters. The largest absolute Gasteiger partial charge is 0.391 e. The summed E-state index contributed by atoms with van der Waals surface area (Å²) in [5, 5.41) is 9.32. The van der Waals surface area contributed by atoms with Crippen LogP contribution in [0, 0.1) is 0 Å². The van der Waals surface area contributed by atoms with Gasteiger partial charge in [-0.2, -0.15) is 0 Å². The lowest BCUT2D eigenvalue weighted by atomic mass is 10.3. The molecule has 2 heterocycles. The van der Waals surface area contributed by atoms with Gasteiger partial charge in [0.15, 0.2) is 5.82 Å². The second kappa shape index (κ2) is 3.30. The highest BCUT2D eigenvalue weighted by Gasteiger charge is 2.23. The molecule has 6 nitrogen and oxygen atoms in total. The molecule has 0 radical (unpaired) electrons. The number of anilines is 2. The van der Waals surface area contributed by atoms with Gasteiger partial charge in [-0.05, 0) is 6.42 Å². The number of aliphatic hydroxyl groups excluding tert-OH is 1. The first-order valence-corrected chi connectivity index (χ1v) is 4.44. The summed E-state index contributed by atoms with van der Waals surface area (Å²) in [4.78, 5) is 19.4. The number of aliphatic hydroxyl groups is 1. The molecule has 1 aliphatic rings. The van der Waals surface area contributed by atoms with Crippen molar-refractivity contribution in [1.29, 1.82) is 0 Å². The summed E-state index contributed by atoms with van der Waals surface area (Å²) in [6, 6.07) is 0. The van der Waals surface area contributed by atoms with Gasteiger partial charge >= 0.3 is 0 Å². The summed E-state index contributed by atoms with van der Waals surface area (Å²) >= 11 is 0. The minimum Gasteiger partial charge on any atom is -0.391 e. The fraction of sp³-hybridized carbons (Fsp3) is 0.500. The molecule has 0 aliphatic carbocycles. The zero-order valence-corrected chi connectivity index (χ0v) is 7.60. The van der Waals surface area contributed by atoms with Crippen LogP contribution in [0.2, 0.25) is 0 Å². The van der Waals surface area contributed by atoms with Crippen LogP contribution in [0.15, 0.2) is 11.1 Å². The zero-order valence-electron chi connectivity index (χ0n) is 7.60. The molecule has 0 aromatic carbocycles. The van der Waals surface area contributed by atoms with Gasteiger partial charge in [0.2, 0.25) is 0 Å². The third-order valence-electron chi connectivity index (χ3n) is 2.33. The number of nitrogens with one attached hydrogen (secondary N) is 1. The monoisotopic (exact) mass is 196 g/mol. The van der Waals surface area contributed by atoms with Gasteiger partial charge in [-0.15, -0.1) is 0 Å². The summed E-state index contributed by atoms with van der Waals surface area (Å²) in [5.41, 5.74) is 5.35. The topological polar surface area (TPSA) is 95.2 Å². The van der Waals surface area contributed by atoms with Crippen molar-refractivity contribution in [3.8, 4) is 0 Å². The van der Waals surface area contributed by atoms with Crippen LogP contribution < -0.4 is 16.2 Å². The number of H-pyrrole nitrogens is 1. The molecule has 0 amide bonds. The Labute approximate surface area is 80.4 Å². The minimum atomic E-state index is -0.351. The number of β-amino-alcohol motifs (C(OH)–C–C–N with tert-alkyl or cyclic N) is 1. The predicted octanol–water partition coefficient (Wildman–Crippen LogP) is -1.08. The molecule has 1 saturated heterocycles. The van der Waals surface area contributed by atoms with Crippen molar-refractivity contribution in [3.63, 3.8) is 0 Å². The maximum absolute atomic E-state index is 11.2. The third-order valence-corrected chi connectivity index (χ3v) is 2.33. The second-order valence-electron chi connectivity index (χ2n) is 3.36. The minimum absolute atomic E-state index is 0.113. The average molecular weight is 196 g/mol. The van der Waals surface area contributed by atoms with Gasteiger partial charge in [-0.25, -0.2) is 4.98 Å². The Morgan fingerprint density at radius 2 is 2.50 bits per heavy atom. The quantitative estimate of drug-likeness (QED) is 0.531. The summed E-state index contributed by atoms with van der Waals surface area (Å²) in [7, 11) is 0. The molecular formula is C8H12N4O2. The van der Waals surface area contributed by atoms with Crippen LogP contribution >= 0.6 is 0 Å². The van der Waals surface area contributed by atoms with Crippen LogP contribution in [-0.4, -0.2) is 34.3 Å². The molecule has 0 unspecified atom stereocenters. The molecule has 4 N–H and O–H groups in total. The number of hydrogen-bond donors (Lipinski definition) is 3. The van der Waals surface area contributed by atoms with E-state index in [0.717, 1.165) is 0 Å². The van der Waals surface area contributed by atoms with Crippen molar-refractivity contribution >= 4 is 11.5 Å². The van der Waals surface area contributed by atoms with Gasteiger partial charge in [0, 0.05) is 13.1 Å². The maximum atomic E-state index is 11.2. The lowest BCUT2D eigenvalue weighted by Crippen LogP contribution is -2.26. The normalized spacial score (nSPS) is 21.5. The molecule has 0 spiro atoms. The fourth-order valence-electron chi connectivity index (χ4n) is 1.59. The molecule has 2 rings (SSSR count). The van der Waals surface area contributed by atoms with Crippen LogP contribution in [0.4, 0.5) is 11.5 Å². The second-order valence-corrected chi connectivity index (χ2v) is 3.36. The Morgan fingerprint density at radius 1 is 1.71 bits per heavy atom. The van der Waals surface area contributed by atoms with E-state index in [4.69, 9.17) is 5.73 Å². The summed E-state index contributed by atoms with van der Waals surface area (Å²) in [5.74, 6) is 0.463. The molecule has 0 saturated carbocycles. The van der Waals surface area contributed by atoms with Crippen molar-refractivity contribution in [3.05, 3.63) is 16.7 Å². The first kappa shape index (κ1) is 9.01. The standard InChI is InChI=1S/C8H12N4O2/c9-6-7(10-4-11-8(6)14)12-2-1-5(13)3-12/h4-5,13H,1-3,9H2,(H,10,11,14)/t5-/m0/s1. The number of rotatable bonds is 1. The van der Waals surface area contributed by atoms with Gasteiger partial charge < -0.3 is 20.7 Å². The van der Waals surface area contributed by atoms with Crippen LogP contribution in [0.25, 0.3) is 0 Å². The van der Waals surface area contributed by atoms with E-state index in [2.05, 4.69) is 9.97 Å². The van der Waals surface area contributed by atoms with Gasteiger partial charge in [0.05, 0.1) is 12.4 Å². The average Bonchev–Trinajstić information content (AvgIpc) is 2.57. The van der Waals surface area contributed by atoms with E-state index in [-0.39, 0.29) is 17.4 Å². The van der Waals surface area contributed by atoms with E-state index < -0.39 is 0 Å². The van der Waals surface area contributed by atoms with Crippen LogP contribution in [0.1, 0.15) is 6.42 Å². The van der Waals surface area contributed by atoms with Crippen LogP contribution in [0.5, 0.6) is 0 Å². The van der Waals surface area contributed by atoms with Crippen molar-refractivity contribution in [2.24, 2.45) is 0 Å². The van der Waals surface area contributed by atoms with E-state index >= 15 is 0 Å². The Morgan fingerprint density at radius 3 is 3.14 bits per heavy atom. The highest BCUT2D eigenvalue weighted by molar-refractivity contribution is 5.61. The highest BCUT2D eigenvalue weighted by Crippen LogP contribution is 2.20. The molecule has 76 valence electrons.